The Balaban J connectivity index is 1.68. The fourth-order valence-electron chi connectivity index (χ4n) is 3.17. The highest BCUT2D eigenvalue weighted by Gasteiger charge is 2.30. The molecule has 0 aromatic heterocycles. The summed E-state index contributed by atoms with van der Waals surface area (Å²) in [6, 6.07) is 17.8. The number of ether oxygens (including phenoxy) is 1. The van der Waals surface area contributed by atoms with Crippen molar-refractivity contribution >= 4 is 23.5 Å². The van der Waals surface area contributed by atoms with Gasteiger partial charge in [-0.2, -0.15) is 13.2 Å². The number of carbonyl (C=O) groups is 3. The predicted molar refractivity (Wildman–Crippen MR) is 120 cm³/mol. The number of anilines is 1. The van der Waals surface area contributed by atoms with Crippen LogP contribution in [0.25, 0.3) is 11.1 Å². The fourth-order valence-corrected chi connectivity index (χ4v) is 3.17. The molecule has 176 valence electrons. The third-order valence-corrected chi connectivity index (χ3v) is 4.93. The topological polar surface area (TPSA) is 84.5 Å². The zero-order valence-electron chi connectivity index (χ0n) is 18.1. The number of alkyl halides is 3. The number of halogens is 3. The molecule has 0 radical (unpaired) electrons. The molecule has 3 rings (SSSR count). The highest BCUT2D eigenvalue weighted by molar-refractivity contribution is 6.08. The number of hydrogen-bond donors (Lipinski definition) is 2. The highest BCUT2D eigenvalue weighted by Crippen LogP contribution is 2.32. The maximum Gasteiger partial charge on any atom is 0.416 e. The Morgan fingerprint density at radius 1 is 0.882 bits per heavy atom. The van der Waals surface area contributed by atoms with Gasteiger partial charge in [0.2, 0.25) is 5.91 Å². The average molecular weight is 470 g/mol. The summed E-state index contributed by atoms with van der Waals surface area (Å²) in [5.74, 6) is -1.34. The first-order chi connectivity index (χ1) is 16.2. The molecule has 0 atom stereocenters. The molecule has 6 nitrogen and oxygen atoms in total. The molecule has 0 spiro atoms. The van der Waals surface area contributed by atoms with Crippen molar-refractivity contribution in [2.24, 2.45) is 0 Å². The second kappa shape index (κ2) is 10.7. The van der Waals surface area contributed by atoms with Crippen molar-refractivity contribution < 1.29 is 32.3 Å². The van der Waals surface area contributed by atoms with Gasteiger partial charge in [0.25, 0.3) is 5.91 Å². The molecule has 0 aliphatic heterocycles. The Morgan fingerprint density at radius 3 is 2.15 bits per heavy atom. The largest absolute Gasteiger partial charge is 0.468 e. The van der Waals surface area contributed by atoms with Gasteiger partial charge in [-0.3, -0.25) is 14.4 Å². The van der Waals surface area contributed by atoms with E-state index in [2.05, 4.69) is 15.4 Å². The Labute approximate surface area is 193 Å². The average Bonchev–Trinajstić information content (AvgIpc) is 2.83. The summed E-state index contributed by atoms with van der Waals surface area (Å²) >= 11 is 0. The lowest BCUT2D eigenvalue weighted by Crippen LogP contribution is -2.31. The lowest BCUT2D eigenvalue weighted by molar-refractivity contribution is -0.141. The maximum atomic E-state index is 12.9. The van der Waals surface area contributed by atoms with Gasteiger partial charge in [0.1, 0.15) is 6.54 Å². The molecule has 0 saturated heterocycles. The van der Waals surface area contributed by atoms with Crippen LogP contribution < -0.4 is 10.6 Å². The molecule has 3 aromatic rings. The minimum absolute atomic E-state index is 0.0436. The molecule has 2 N–H and O–H groups in total. The van der Waals surface area contributed by atoms with Crippen LogP contribution >= 0.6 is 0 Å². The molecule has 34 heavy (non-hydrogen) atoms. The summed E-state index contributed by atoms with van der Waals surface area (Å²) in [4.78, 5) is 35.8. The summed E-state index contributed by atoms with van der Waals surface area (Å²) in [6.45, 7) is -0.220. The van der Waals surface area contributed by atoms with Crippen LogP contribution in [0.1, 0.15) is 21.5 Å². The minimum Gasteiger partial charge on any atom is -0.468 e. The van der Waals surface area contributed by atoms with Gasteiger partial charge in [-0.05, 0) is 47.0 Å². The van der Waals surface area contributed by atoms with E-state index < -0.39 is 23.6 Å². The van der Waals surface area contributed by atoms with E-state index in [-0.39, 0.29) is 18.9 Å². The second-order valence-electron chi connectivity index (χ2n) is 7.30. The van der Waals surface area contributed by atoms with Crippen LogP contribution in [0.5, 0.6) is 0 Å². The van der Waals surface area contributed by atoms with E-state index in [0.717, 1.165) is 12.1 Å². The van der Waals surface area contributed by atoms with E-state index in [0.29, 0.717) is 27.9 Å². The van der Waals surface area contributed by atoms with Crippen LogP contribution in [0.2, 0.25) is 0 Å². The van der Waals surface area contributed by atoms with Gasteiger partial charge >= 0.3 is 12.1 Å². The van der Waals surface area contributed by atoms with Crippen LogP contribution in [-0.4, -0.2) is 31.4 Å². The molecule has 0 bridgehead atoms. The Morgan fingerprint density at radius 2 is 1.53 bits per heavy atom. The number of carbonyl (C=O) groups excluding carboxylic acids is 3. The van der Waals surface area contributed by atoms with E-state index in [1.165, 1.54) is 19.2 Å². The highest BCUT2D eigenvalue weighted by atomic mass is 19.4. The standard InChI is InChI=1S/C25H21F3N2O4/c1-34-23(32)15-29-22(31)14-16-6-12-19(13-7-16)30-24(33)21-5-3-2-4-20(21)17-8-10-18(11-9-17)25(26,27)28/h2-13H,14-15H2,1H3,(H,29,31)(H,30,33). The number of hydrogen-bond acceptors (Lipinski definition) is 4. The summed E-state index contributed by atoms with van der Waals surface area (Å²) in [5.41, 5.74) is 1.65. The van der Waals surface area contributed by atoms with Crippen LogP contribution in [0, 0.1) is 0 Å². The van der Waals surface area contributed by atoms with Gasteiger partial charge in [0.05, 0.1) is 19.1 Å². The molecule has 3 aromatic carbocycles. The van der Waals surface area contributed by atoms with Crippen molar-refractivity contribution in [3.8, 4) is 11.1 Å². The van der Waals surface area contributed by atoms with Crippen molar-refractivity contribution in [3.63, 3.8) is 0 Å². The van der Waals surface area contributed by atoms with Crippen LogP contribution in [-0.2, 0) is 26.9 Å². The van der Waals surface area contributed by atoms with Crippen molar-refractivity contribution in [2.75, 3.05) is 19.0 Å². The number of methoxy groups -OCH3 is 1. The quantitative estimate of drug-likeness (QED) is 0.500. The van der Waals surface area contributed by atoms with Crippen LogP contribution in [0.4, 0.5) is 18.9 Å². The van der Waals surface area contributed by atoms with Crippen molar-refractivity contribution in [2.45, 2.75) is 12.6 Å². The Hall–Kier alpha value is -4.14. The summed E-state index contributed by atoms with van der Waals surface area (Å²) in [6.07, 6.45) is -4.40. The third kappa shape index (κ3) is 6.44. The van der Waals surface area contributed by atoms with Gasteiger partial charge < -0.3 is 15.4 Å². The van der Waals surface area contributed by atoms with Crippen molar-refractivity contribution in [1.82, 2.24) is 5.32 Å². The smallest absolute Gasteiger partial charge is 0.416 e. The van der Waals surface area contributed by atoms with Crippen LogP contribution in [0.3, 0.4) is 0 Å². The minimum atomic E-state index is -4.44. The van der Waals surface area contributed by atoms with Gasteiger partial charge in [-0.1, -0.05) is 42.5 Å². The third-order valence-electron chi connectivity index (χ3n) is 4.93. The van der Waals surface area contributed by atoms with Gasteiger partial charge in [-0.25, -0.2) is 0 Å². The molecule has 0 fully saturated rings. The van der Waals surface area contributed by atoms with Gasteiger partial charge in [0.15, 0.2) is 0 Å². The summed E-state index contributed by atoms with van der Waals surface area (Å²) in [5, 5.41) is 5.19. The zero-order chi connectivity index (χ0) is 24.7. The number of nitrogens with one attached hydrogen (secondary N) is 2. The maximum absolute atomic E-state index is 12.9. The van der Waals surface area contributed by atoms with Crippen molar-refractivity contribution in [1.29, 1.82) is 0 Å². The monoisotopic (exact) mass is 470 g/mol. The second-order valence-corrected chi connectivity index (χ2v) is 7.30. The molecule has 0 unspecified atom stereocenters. The predicted octanol–water partition coefficient (Wildman–Crippen LogP) is 4.46. The number of benzene rings is 3. The van der Waals surface area contributed by atoms with E-state index in [9.17, 15) is 27.6 Å². The fraction of sp³-hybridized carbons (Fsp3) is 0.160. The first kappa shape index (κ1) is 24.5. The first-order valence-electron chi connectivity index (χ1n) is 10.2. The van der Waals surface area contributed by atoms with E-state index in [4.69, 9.17) is 0 Å². The molecule has 0 heterocycles. The SMILES string of the molecule is COC(=O)CNC(=O)Cc1ccc(NC(=O)c2ccccc2-c2ccc(C(F)(F)F)cc2)cc1. The Kier molecular flexibility index (Phi) is 7.68. The normalized spacial score (nSPS) is 10.9. The summed E-state index contributed by atoms with van der Waals surface area (Å²) in [7, 11) is 1.23. The van der Waals surface area contributed by atoms with Gasteiger partial charge in [-0.15, -0.1) is 0 Å². The van der Waals surface area contributed by atoms with Gasteiger partial charge in [0, 0.05) is 11.3 Å². The molecular formula is C25H21F3N2O4. The van der Waals surface area contributed by atoms with Crippen LogP contribution in [0.15, 0.2) is 72.8 Å². The van der Waals surface area contributed by atoms with Crippen molar-refractivity contribution in [3.05, 3.63) is 89.5 Å². The summed E-state index contributed by atoms with van der Waals surface area (Å²) < 4.78 is 43.0. The zero-order valence-corrected chi connectivity index (χ0v) is 18.1. The first-order valence-corrected chi connectivity index (χ1v) is 10.2. The van der Waals surface area contributed by atoms with E-state index >= 15 is 0 Å². The van der Waals surface area contributed by atoms with E-state index in [1.807, 2.05) is 0 Å². The lowest BCUT2D eigenvalue weighted by Gasteiger charge is -2.12. The Bertz CT molecular complexity index is 1170. The van der Waals surface area contributed by atoms with E-state index in [1.54, 1.807) is 48.5 Å². The molecule has 9 heteroatoms. The molecular weight excluding hydrogens is 449 g/mol. The number of rotatable bonds is 7. The molecule has 0 saturated carbocycles. The number of esters is 1. The number of amides is 2. The molecule has 0 aliphatic rings. The lowest BCUT2D eigenvalue weighted by atomic mass is 9.98. The molecule has 2 amide bonds. The molecule has 0 aliphatic carbocycles.